The molecule has 0 spiro atoms. The van der Waals surface area contributed by atoms with Crippen molar-refractivity contribution in [3.8, 4) is 5.75 Å². The van der Waals surface area contributed by atoms with Crippen LogP contribution in [-0.2, 0) is 0 Å². The number of halogens is 1. The number of ether oxygens (including phenoxy) is 1. The lowest BCUT2D eigenvalue weighted by Gasteiger charge is -2.23. The number of hydrogen-bond donors (Lipinski definition) is 2. The van der Waals surface area contributed by atoms with Crippen LogP contribution in [0.15, 0.2) is 18.2 Å². The lowest BCUT2D eigenvalue weighted by Crippen LogP contribution is -2.26. The summed E-state index contributed by atoms with van der Waals surface area (Å²) in [5, 5.41) is 9.31. The van der Waals surface area contributed by atoms with Crippen LogP contribution in [0.5, 0.6) is 5.75 Å². The zero-order valence-corrected chi connectivity index (χ0v) is 9.24. The summed E-state index contributed by atoms with van der Waals surface area (Å²) in [6.45, 7) is 0.0355. The first kappa shape index (κ1) is 11.4. The molecular formula is C12H16FNO2. The van der Waals surface area contributed by atoms with Crippen molar-refractivity contribution in [2.75, 3.05) is 13.7 Å². The average Bonchev–Trinajstić information content (AvgIpc) is 3.09. The Morgan fingerprint density at radius 1 is 1.56 bits per heavy atom. The monoisotopic (exact) mass is 225 g/mol. The Balaban J connectivity index is 2.35. The highest BCUT2D eigenvalue weighted by Gasteiger charge is 2.48. The van der Waals surface area contributed by atoms with Crippen molar-refractivity contribution < 1.29 is 14.2 Å². The van der Waals surface area contributed by atoms with Crippen LogP contribution in [0.1, 0.15) is 24.4 Å². The van der Waals surface area contributed by atoms with E-state index in [1.54, 1.807) is 6.07 Å². The molecule has 88 valence electrons. The average molecular weight is 225 g/mol. The van der Waals surface area contributed by atoms with Gasteiger partial charge in [-0.3, -0.25) is 0 Å². The zero-order valence-electron chi connectivity index (χ0n) is 9.24. The molecule has 3 nitrogen and oxygen atoms in total. The van der Waals surface area contributed by atoms with Gasteiger partial charge in [0.15, 0.2) is 0 Å². The quantitative estimate of drug-likeness (QED) is 0.818. The SMILES string of the molecule is COc1ccc(F)cc1C(N)C1(CO)CC1. The van der Waals surface area contributed by atoms with Gasteiger partial charge in [0, 0.05) is 17.0 Å². The van der Waals surface area contributed by atoms with E-state index in [0.29, 0.717) is 11.3 Å². The van der Waals surface area contributed by atoms with Gasteiger partial charge in [-0.25, -0.2) is 4.39 Å². The van der Waals surface area contributed by atoms with E-state index in [0.717, 1.165) is 12.8 Å². The van der Waals surface area contributed by atoms with E-state index >= 15 is 0 Å². The number of hydrogen-bond acceptors (Lipinski definition) is 3. The van der Waals surface area contributed by atoms with Gasteiger partial charge in [-0.1, -0.05) is 0 Å². The molecule has 1 atom stereocenters. The number of methoxy groups -OCH3 is 1. The fourth-order valence-electron chi connectivity index (χ4n) is 2.01. The molecule has 0 heterocycles. The molecule has 1 aromatic carbocycles. The summed E-state index contributed by atoms with van der Waals surface area (Å²) < 4.78 is 18.3. The minimum Gasteiger partial charge on any atom is -0.496 e. The molecule has 0 radical (unpaired) electrons. The van der Waals surface area contributed by atoms with Crippen molar-refractivity contribution in [1.82, 2.24) is 0 Å². The predicted molar refractivity (Wildman–Crippen MR) is 58.6 cm³/mol. The van der Waals surface area contributed by atoms with E-state index in [2.05, 4.69) is 0 Å². The topological polar surface area (TPSA) is 55.5 Å². The van der Waals surface area contributed by atoms with Crippen molar-refractivity contribution in [3.05, 3.63) is 29.6 Å². The summed E-state index contributed by atoms with van der Waals surface area (Å²) in [6, 6.07) is 3.92. The first-order valence-electron chi connectivity index (χ1n) is 5.33. The lowest BCUT2D eigenvalue weighted by molar-refractivity contribution is 0.186. The third-order valence-corrected chi connectivity index (χ3v) is 3.39. The second kappa shape index (κ2) is 4.03. The third-order valence-electron chi connectivity index (χ3n) is 3.39. The Hall–Kier alpha value is -1.13. The van der Waals surface area contributed by atoms with Gasteiger partial charge >= 0.3 is 0 Å². The molecule has 0 saturated heterocycles. The molecule has 0 aromatic heterocycles. The summed E-state index contributed by atoms with van der Waals surface area (Å²) in [5.74, 6) is 0.244. The van der Waals surface area contributed by atoms with Crippen LogP contribution >= 0.6 is 0 Å². The minimum atomic E-state index is -0.372. The molecule has 1 saturated carbocycles. The van der Waals surface area contributed by atoms with Crippen LogP contribution in [0.4, 0.5) is 4.39 Å². The van der Waals surface area contributed by atoms with Crippen molar-refractivity contribution in [3.63, 3.8) is 0 Å². The van der Waals surface area contributed by atoms with Crippen molar-refractivity contribution >= 4 is 0 Å². The maximum atomic E-state index is 13.2. The van der Waals surface area contributed by atoms with Crippen LogP contribution in [0.25, 0.3) is 0 Å². The van der Waals surface area contributed by atoms with E-state index < -0.39 is 0 Å². The van der Waals surface area contributed by atoms with Crippen molar-refractivity contribution in [2.24, 2.45) is 11.1 Å². The van der Waals surface area contributed by atoms with Gasteiger partial charge in [0.25, 0.3) is 0 Å². The van der Waals surface area contributed by atoms with Crippen LogP contribution in [0.3, 0.4) is 0 Å². The maximum absolute atomic E-state index is 13.2. The number of aliphatic hydroxyl groups excluding tert-OH is 1. The van der Waals surface area contributed by atoms with E-state index in [4.69, 9.17) is 10.5 Å². The molecule has 1 aromatic rings. The largest absolute Gasteiger partial charge is 0.496 e. The molecule has 1 aliphatic carbocycles. The van der Waals surface area contributed by atoms with Crippen molar-refractivity contribution in [2.45, 2.75) is 18.9 Å². The first-order chi connectivity index (χ1) is 7.63. The highest BCUT2D eigenvalue weighted by atomic mass is 19.1. The molecule has 4 heteroatoms. The zero-order chi connectivity index (χ0) is 11.8. The number of benzene rings is 1. The summed E-state index contributed by atoms with van der Waals surface area (Å²) in [5.41, 5.74) is 6.44. The second-order valence-corrected chi connectivity index (χ2v) is 4.38. The Kier molecular flexibility index (Phi) is 2.86. The highest BCUT2D eigenvalue weighted by Crippen LogP contribution is 2.54. The number of rotatable bonds is 4. The summed E-state index contributed by atoms with van der Waals surface area (Å²) >= 11 is 0. The van der Waals surface area contributed by atoms with E-state index in [9.17, 15) is 9.50 Å². The number of nitrogens with two attached hydrogens (primary N) is 1. The van der Waals surface area contributed by atoms with Gasteiger partial charge in [-0.15, -0.1) is 0 Å². The molecule has 1 unspecified atom stereocenters. The molecule has 0 amide bonds. The second-order valence-electron chi connectivity index (χ2n) is 4.38. The molecular weight excluding hydrogens is 209 g/mol. The van der Waals surface area contributed by atoms with Crippen LogP contribution in [0, 0.1) is 11.2 Å². The normalized spacial score (nSPS) is 19.2. The van der Waals surface area contributed by atoms with Crippen molar-refractivity contribution in [1.29, 1.82) is 0 Å². The Labute approximate surface area is 94.0 Å². The molecule has 0 aliphatic heterocycles. The highest BCUT2D eigenvalue weighted by molar-refractivity contribution is 5.38. The molecule has 2 rings (SSSR count). The standard InChI is InChI=1S/C12H16FNO2/c1-16-10-3-2-8(13)6-9(10)11(14)12(7-15)4-5-12/h2-3,6,11,15H,4-5,7,14H2,1H3. The van der Waals surface area contributed by atoms with Crippen LogP contribution < -0.4 is 10.5 Å². The maximum Gasteiger partial charge on any atom is 0.123 e. The summed E-state index contributed by atoms with van der Waals surface area (Å²) in [4.78, 5) is 0. The molecule has 3 N–H and O–H groups in total. The first-order valence-corrected chi connectivity index (χ1v) is 5.33. The molecule has 1 fully saturated rings. The van der Waals surface area contributed by atoms with Gasteiger partial charge < -0.3 is 15.6 Å². The lowest BCUT2D eigenvalue weighted by atomic mass is 9.91. The van der Waals surface area contributed by atoms with Gasteiger partial charge in [0.1, 0.15) is 11.6 Å². The van der Waals surface area contributed by atoms with Gasteiger partial charge in [-0.2, -0.15) is 0 Å². The van der Waals surface area contributed by atoms with E-state index in [1.165, 1.54) is 19.2 Å². The third kappa shape index (κ3) is 1.79. The van der Waals surface area contributed by atoms with Gasteiger partial charge in [-0.05, 0) is 31.0 Å². The van der Waals surface area contributed by atoms with Crippen LogP contribution in [-0.4, -0.2) is 18.8 Å². The molecule has 0 bridgehead atoms. The van der Waals surface area contributed by atoms with E-state index in [1.807, 2.05) is 0 Å². The minimum absolute atomic E-state index is 0.0355. The Bertz CT molecular complexity index is 391. The predicted octanol–water partition coefficient (Wildman–Crippen LogP) is 1.61. The Morgan fingerprint density at radius 2 is 2.25 bits per heavy atom. The fourth-order valence-corrected chi connectivity index (χ4v) is 2.01. The molecule has 1 aliphatic rings. The fraction of sp³-hybridized carbons (Fsp3) is 0.500. The number of aliphatic hydroxyl groups is 1. The smallest absolute Gasteiger partial charge is 0.123 e. The van der Waals surface area contributed by atoms with Crippen LogP contribution in [0.2, 0.25) is 0 Å². The van der Waals surface area contributed by atoms with Gasteiger partial charge in [0.05, 0.1) is 13.7 Å². The van der Waals surface area contributed by atoms with E-state index in [-0.39, 0.29) is 23.9 Å². The Morgan fingerprint density at radius 3 is 2.75 bits per heavy atom. The van der Waals surface area contributed by atoms with Gasteiger partial charge in [0.2, 0.25) is 0 Å². The summed E-state index contributed by atoms with van der Waals surface area (Å²) in [7, 11) is 1.53. The molecule has 16 heavy (non-hydrogen) atoms. The summed E-state index contributed by atoms with van der Waals surface area (Å²) in [6.07, 6.45) is 1.76.